The van der Waals surface area contributed by atoms with E-state index in [-0.39, 0.29) is 0 Å². The molecule has 29 heavy (non-hydrogen) atoms. The molecular formula is C24H33N2OSSe. The molecule has 1 aliphatic heterocycles. The number of hydrogen-bond acceptors (Lipinski definition) is 4. The van der Waals surface area contributed by atoms with Crippen LogP contribution < -0.4 is 4.46 Å². The molecular weight excluding hydrogens is 443 g/mol. The zero-order chi connectivity index (χ0) is 20.6. The molecule has 1 saturated heterocycles. The third-order valence-electron chi connectivity index (χ3n) is 5.08. The topological polar surface area (TPSA) is 24.8 Å². The minimum atomic E-state index is 0.290. The van der Waals surface area contributed by atoms with Gasteiger partial charge in [-0.2, -0.15) is 0 Å². The van der Waals surface area contributed by atoms with Gasteiger partial charge in [0.1, 0.15) is 0 Å². The fourth-order valence-corrected chi connectivity index (χ4v) is 6.95. The molecule has 2 aliphatic rings. The first-order valence-corrected chi connectivity index (χ1v) is 13.3. The van der Waals surface area contributed by atoms with Crippen molar-refractivity contribution in [2.75, 3.05) is 20.3 Å². The summed E-state index contributed by atoms with van der Waals surface area (Å²) in [6, 6.07) is 11.2. The summed E-state index contributed by atoms with van der Waals surface area (Å²) < 4.78 is 6.88. The minimum absolute atomic E-state index is 0.290. The van der Waals surface area contributed by atoms with Crippen LogP contribution in [0.15, 0.2) is 35.4 Å². The van der Waals surface area contributed by atoms with Gasteiger partial charge >= 0.3 is 189 Å². The van der Waals surface area contributed by atoms with Crippen LogP contribution in [0, 0.1) is 30.0 Å². The van der Waals surface area contributed by atoms with Gasteiger partial charge in [-0.15, -0.1) is 0 Å². The average molecular weight is 477 g/mol. The number of benzene rings is 1. The van der Waals surface area contributed by atoms with Crippen LogP contribution in [0.4, 0.5) is 0 Å². The molecule has 0 spiro atoms. The van der Waals surface area contributed by atoms with Gasteiger partial charge in [-0.1, -0.05) is 0 Å². The standard InChI is InChI=1S/C24H33N2OSSe/c1-5-22(28-18(2)3)24(25-26-16-10-11-19(26)17-27-4)21-14-9-15-23(21)29-20-12-7-6-8-13-20/h6-9,12-15,18-19,22H,5,10-11,16-17H2,1-4H3/b25-24-/t19-,22+/m0/s1. The van der Waals surface area contributed by atoms with E-state index >= 15 is 0 Å². The predicted octanol–water partition coefficient (Wildman–Crippen LogP) is 4.14. The normalized spacial score (nSPS) is 22.7. The molecule has 157 valence electrons. The Kier molecular flexibility index (Phi) is 9.43. The van der Waals surface area contributed by atoms with Crippen molar-refractivity contribution in [3.8, 4) is 0 Å². The molecule has 1 saturated carbocycles. The van der Waals surface area contributed by atoms with Crippen molar-refractivity contribution in [1.82, 2.24) is 5.01 Å². The summed E-state index contributed by atoms with van der Waals surface area (Å²) in [5, 5.41) is 8.59. The van der Waals surface area contributed by atoms with Gasteiger partial charge in [-0.05, 0) is 0 Å². The number of hydrazone groups is 1. The van der Waals surface area contributed by atoms with Gasteiger partial charge in [0.25, 0.3) is 0 Å². The first-order valence-electron chi connectivity index (χ1n) is 10.6. The Morgan fingerprint density at radius 1 is 1.28 bits per heavy atom. The van der Waals surface area contributed by atoms with E-state index in [4.69, 9.17) is 9.84 Å². The van der Waals surface area contributed by atoms with Crippen LogP contribution in [-0.4, -0.2) is 62.5 Å². The van der Waals surface area contributed by atoms with E-state index in [0.29, 0.717) is 31.5 Å². The van der Waals surface area contributed by atoms with E-state index in [1.807, 2.05) is 11.8 Å². The molecule has 1 aliphatic carbocycles. The van der Waals surface area contributed by atoms with E-state index < -0.39 is 0 Å². The summed E-state index contributed by atoms with van der Waals surface area (Å²) in [6.45, 7) is 8.65. The van der Waals surface area contributed by atoms with Gasteiger partial charge in [-0.3, -0.25) is 0 Å². The summed E-state index contributed by atoms with van der Waals surface area (Å²) in [6.07, 6.45) is 10.2. The molecule has 2 atom stereocenters. The molecule has 3 rings (SSSR count). The number of rotatable bonds is 10. The second-order valence-corrected chi connectivity index (χ2v) is 11.8. The number of thioether (sulfide) groups is 1. The van der Waals surface area contributed by atoms with Crippen molar-refractivity contribution in [2.45, 2.75) is 56.6 Å². The van der Waals surface area contributed by atoms with Crippen molar-refractivity contribution < 1.29 is 4.74 Å². The van der Waals surface area contributed by atoms with Crippen LogP contribution in [0.25, 0.3) is 0 Å². The number of methoxy groups -OCH3 is 1. The van der Waals surface area contributed by atoms with Gasteiger partial charge in [0, 0.05) is 0 Å². The van der Waals surface area contributed by atoms with Crippen molar-refractivity contribution in [1.29, 1.82) is 0 Å². The summed E-state index contributed by atoms with van der Waals surface area (Å²) >= 11 is 2.33. The van der Waals surface area contributed by atoms with Gasteiger partial charge in [0.2, 0.25) is 0 Å². The predicted molar refractivity (Wildman–Crippen MR) is 127 cm³/mol. The Labute approximate surface area is 188 Å². The van der Waals surface area contributed by atoms with E-state index in [0.717, 1.165) is 19.6 Å². The van der Waals surface area contributed by atoms with Crippen LogP contribution in [-0.2, 0) is 4.74 Å². The molecule has 0 bridgehead atoms. The van der Waals surface area contributed by atoms with Crippen LogP contribution >= 0.6 is 11.8 Å². The number of ether oxygens (including phenoxy) is 1. The SMILES string of the molecule is CC[C@@H](SC(C)C)/C(=N\N1CCC[C@H]1COC)[C]1[CH][CH][CH][C]1[Se]c1ccccc1. The molecule has 0 amide bonds. The third-order valence-corrected chi connectivity index (χ3v) is 8.78. The van der Waals surface area contributed by atoms with Crippen molar-refractivity contribution in [3.63, 3.8) is 0 Å². The third kappa shape index (κ3) is 6.50. The average Bonchev–Trinajstić information content (AvgIpc) is 3.35. The monoisotopic (exact) mass is 477 g/mol. The Hall–Kier alpha value is -0.481. The fourth-order valence-electron chi connectivity index (χ4n) is 3.75. The van der Waals surface area contributed by atoms with E-state index in [1.54, 1.807) is 7.11 Å². The Morgan fingerprint density at radius 2 is 2.07 bits per heavy atom. The molecule has 1 aromatic rings. The molecule has 2 fully saturated rings. The fraction of sp³-hybridized carbons (Fsp3) is 0.500. The van der Waals surface area contributed by atoms with Crippen molar-refractivity contribution in [3.05, 3.63) is 60.3 Å². The van der Waals surface area contributed by atoms with Gasteiger partial charge in [-0.25, -0.2) is 0 Å². The molecule has 5 radical (unpaired) electrons. The maximum absolute atomic E-state index is 5.47. The van der Waals surface area contributed by atoms with Gasteiger partial charge in [0.15, 0.2) is 0 Å². The molecule has 1 aromatic carbocycles. The second kappa shape index (κ2) is 11.8. The summed E-state index contributed by atoms with van der Waals surface area (Å²) in [5.74, 6) is 1.34. The molecule has 0 N–H and O–H groups in total. The maximum atomic E-state index is 5.47. The van der Waals surface area contributed by atoms with E-state index in [9.17, 15) is 0 Å². The van der Waals surface area contributed by atoms with Crippen LogP contribution in [0.5, 0.6) is 0 Å². The van der Waals surface area contributed by atoms with Crippen LogP contribution in [0.2, 0.25) is 0 Å². The molecule has 0 unspecified atom stereocenters. The Balaban J connectivity index is 1.85. The first kappa shape index (κ1) is 23.2. The van der Waals surface area contributed by atoms with E-state index in [1.165, 1.54) is 33.7 Å². The summed E-state index contributed by atoms with van der Waals surface area (Å²) in [5.41, 5.74) is 1.26. The summed E-state index contributed by atoms with van der Waals surface area (Å²) in [7, 11) is 1.79. The number of nitrogens with zero attached hydrogens (tertiary/aromatic N) is 2. The molecule has 5 heteroatoms. The Morgan fingerprint density at radius 3 is 2.76 bits per heavy atom. The summed E-state index contributed by atoms with van der Waals surface area (Å²) in [4.78, 5) is 1.44. The molecule has 1 heterocycles. The Bertz CT molecular complexity index is 639. The zero-order valence-corrected chi connectivity index (χ0v) is 20.5. The number of hydrogen-bond donors (Lipinski definition) is 0. The van der Waals surface area contributed by atoms with E-state index in [2.05, 4.69) is 75.4 Å². The zero-order valence-electron chi connectivity index (χ0n) is 18.0. The first-order chi connectivity index (χ1) is 14.1. The molecule has 3 nitrogen and oxygen atoms in total. The van der Waals surface area contributed by atoms with Crippen molar-refractivity contribution in [2.24, 2.45) is 5.10 Å². The quantitative estimate of drug-likeness (QED) is 0.375. The van der Waals surface area contributed by atoms with Crippen LogP contribution in [0.1, 0.15) is 40.0 Å². The molecule has 0 aromatic heterocycles. The van der Waals surface area contributed by atoms with Gasteiger partial charge < -0.3 is 0 Å². The van der Waals surface area contributed by atoms with Gasteiger partial charge in [0.05, 0.1) is 0 Å². The van der Waals surface area contributed by atoms with Crippen molar-refractivity contribution >= 4 is 36.9 Å². The second-order valence-electron chi connectivity index (χ2n) is 7.70. The van der Waals surface area contributed by atoms with Crippen LogP contribution in [0.3, 0.4) is 0 Å².